The summed E-state index contributed by atoms with van der Waals surface area (Å²) >= 11 is 5.77. The van der Waals surface area contributed by atoms with Crippen LogP contribution in [0.4, 0.5) is 4.39 Å². The van der Waals surface area contributed by atoms with Crippen molar-refractivity contribution in [1.29, 1.82) is 5.26 Å². The van der Waals surface area contributed by atoms with Crippen molar-refractivity contribution in [2.75, 3.05) is 0 Å². The SMILES string of the molecule is N#Cc1cc(Cl)nc(-c2ccc(F)cc2)c1. The largest absolute Gasteiger partial charge is 0.236 e. The number of nitriles is 1. The molecule has 0 aliphatic carbocycles. The van der Waals surface area contributed by atoms with Gasteiger partial charge in [0.2, 0.25) is 0 Å². The molecule has 1 heterocycles. The van der Waals surface area contributed by atoms with E-state index in [1.807, 2.05) is 6.07 Å². The highest BCUT2D eigenvalue weighted by molar-refractivity contribution is 6.29. The van der Waals surface area contributed by atoms with E-state index < -0.39 is 0 Å². The summed E-state index contributed by atoms with van der Waals surface area (Å²) in [4.78, 5) is 4.07. The topological polar surface area (TPSA) is 36.7 Å². The first-order chi connectivity index (χ1) is 7.69. The molecule has 0 aliphatic heterocycles. The van der Waals surface area contributed by atoms with E-state index in [-0.39, 0.29) is 11.0 Å². The summed E-state index contributed by atoms with van der Waals surface area (Å²) in [5, 5.41) is 9.03. The zero-order valence-electron chi connectivity index (χ0n) is 8.11. The van der Waals surface area contributed by atoms with E-state index in [0.717, 1.165) is 5.56 Å². The highest BCUT2D eigenvalue weighted by Gasteiger charge is 2.03. The van der Waals surface area contributed by atoms with Crippen molar-refractivity contribution in [1.82, 2.24) is 4.98 Å². The van der Waals surface area contributed by atoms with Crippen LogP contribution in [0.5, 0.6) is 0 Å². The molecule has 16 heavy (non-hydrogen) atoms. The normalized spacial score (nSPS) is 9.81. The second-order valence-electron chi connectivity index (χ2n) is 3.18. The summed E-state index contributed by atoms with van der Waals surface area (Å²) in [6.07, 6.45) is 0. The van der Waals surface area contributed by atoms with Crippen LogP contribution in [0.15, 0.2) is 36.4 Å². The van der Waals surface area contributed by atoms with Gasteiger partial charge in [-0.15, -0.1) is 0 Å². The number of benzene rings is 1. The van der Waals surface area contributed by atoms with Gasteiger partial charge in [0.1, 0.15) is 11.0 Å². The van der Waals surface area contributed by atoms with Crippen LogP contribution in [0, 0.1) is 17.1 Å². The van der Waals surface area contributed by atoms with E-state index in [1.54, 1.807) is 18.2 Å². The van der Waals surface area contributed by atoms with E-state index >= 15 is 0 Å². The van der Waals surface area contributed by atoms with Crippen molar-refractivity contribution in [3.8, 4) is 17.3 Å². The predicted octanol–water partition coefficient (Wildman–Crippen LogP) is 3.41. The van der Waals surface area contributed by atoms with Gasteiger partial charge in [0.15, 0.2) is 0 Å². The van der Waals surface area contributed by atoms with Crippen molar-refractivity contribution in [2.24, 2.45) is 0 Å². The summed E-state index contributed by atoms with van der Waals surface area (Å²) in [5.41, 5.74) is 1.71. The number of hydrogen-bond acceptors (Lipinski definition) is 2. The molecule has 0 saturated carbocycles. The first-order valence-electron chi connectivity index (χ1n) is 4.52. The Morgan fingerprint density at radius 1 is 1.19 bits per heavy atom. The third-order valence-corrected chi connectivity index (χ3v) is 2.26. The summed E-state index contributed by atoms with van der Waals surface area (Å²) in [5.74, 6) is -0.314. The number of rotatable bonds is 1. The molecule has 0 saturated heterocycles. The molecule has 0 unspecified atom stereocenters. The van der Waals surface area contributed by atoms with Crippen molar-refractivity contribution in [3.63, 3.8) is 0 Å². The fourth-order valence-electron chi connectivity index (χ4n) is 1.33. The van der Waals surface area contributed by atoms with Gasteiger partial charge in [-0.2, -0.15) is 5.26 Å². The lowest BCUT2D eigenvalue weighted by Gasteiger charge is -2.01. The zero-order chi connectivity index (χ0) is 11.5. The Bertz CT molecular complexity index is 558. The Morgan fingerprint density at radius 3 is 2.50 bits per heavy atom. The van der Waals surface area contributed by atoms with Gasteiger partial charge in [-0.1, -0.05) is 11.6 Å². The molecule has 2 rings (SSSR count). The molecule has 0 spiro atoms. The quantitative estimate of drug-likeness (QED) is 0.707. The summed E-state index contributed by atoms with van der Waals surface area (Å²) in [6.45, 7) is 0. The molecule has 0 radical (unpaired) electrons. The molecule has 0 atom stereocenters. The summed E-state index contributed by atoms with van der Waals surface area (Å²) < 4.78 is 12.7. The average Bonchev–Trinajstić information content (AvgIpc) is 2.29. The molecule has 2 aromatic rings. The zero-order valence-corrected chi connectivity index (χ0v) is 8.87. The fourth-order valence-corrected chi connectivity index (χ4v) is 1.54. The minimum absolute atomic E-state index is 0.248. The Hall–Kier alpha value is -1.92. The van der Waals surface area contributed by atoms with Gasteiger partial charge >= 0.3 is 0 Å². The molecule has 78 valence electrons. The molecule has 1 aromatic carbocycles. The molecule has 0 bridgehead atoms. The lowest BCUT2D eigenvalue weighted by molar-refractivity contribution is 0.628. The predicted molar refractivity (Wildman–Crippen MR) is 59.4 cm³/mol. The molecule has 0 amide bonds. The third-order valence-electron chi connectivity index (χ3n) is 2.06. The van der Waals surface area contributed by atoms with Crippen LogP contribution in [0.3, 0.4) is 0 Å². The second kappa shape index (κ2) is 4.30. The summed E-state index contributed by atoms with van der Waals surface area (Å²) in [7, 11) is 0. The van der Waals surface area contributed by atoms with E-state index in [9.17, 15) is 4.39 Å². The monoisotopic (exact) mass is 232 g/mol. The van der Waals surface area contributed by atoms with Crippen LogP contribution in [0.1, 0.15) is 5.56 Å². The van der Waals surface area contributed by atoms with Gasteiger partial charge in [-0.05, 0) is 36.4 Å². The van der Waals surface area contributed by atoms with E-state index in [1.165, 1.54) is 18.2 Å². The fraction of sp³-hybridized carbons (Fsp3) is 0. The Kier molecular flexibility index (Phi) is 2.84. The molecule has 0 fully saturated rings. The average molecular weight is 233 g/mol. The Labute approximate surface area is 96.9 Å². The minimum Gasteiger partial charge on any atom is -0.236 e. The van der Waals surface area contributed by atoms with Crippen LogP contribution < -0.4 is 0 Å². The van der Waals surface area contributed by atoms with Crippen molar-refractivity contribution in [2.45, 2.75) is 0 Å². The molecular formula is C12H6ClFN2. The first-order valence-corrected chi connectivity index (χ1v) is 4.90. The highest BCUT2D eigenvalue weighted by atomic mass is 35.5. The number of nitrogens with zero attached hydrogens (tertiary/aromatic N) is 2. The van der Waals surface area contributed by atoms with Crippen LogP contribution in [0.2, 0.25) is 5.15 Å². The maximum absolute atomic E-state index is 12.7. The minimum atomic E-state index is -0.314. The van der Waals surface area contributed by atoms with E-state index in [0.29, 0.717) is 11.3 Å². The molecule has 1 aromatic heterocycles. The molecule has 0 aliphatic rings. The molecular weight excluding hydrogens is 227 g/mol. The molecule has 0 N–H and O–H groups in total. The van der Waals surface area contributed by atoms with Gasteiger partial charge in [0.05, 0.1) is 17.3 Å². The number of hydrogen-bond donors (Lipinski definition) is 0. The summed E-state index contributed by atoms with van der Waals surface area (Å²) in [6, 6.07) is 10.9. The van der Waals surface area contributed by atoms with E-state index in [4.69, 9.17) is 16.9 Å². The second-order valence-corrected chi connectivity index (χ2v) is 3.57. The lowest BCUT2D eigenvalue weighted by Crippen LogP contribution is -1.87. The van der Waals surface area contributed by atoms with Gasteiger partial charge in [0, 0.05) is 5.56 Å². The maximum Gasteiger partial charge on any atom is 0.131 e. The highest BCUT2D eigenvalue weighted by Crippen LogP contribution is 2.21. The Morgan fingerprint density at radius 2 is 1.88 bits per heavy atom. The number of aromatic nitrogens is 1. The smallest absolute Gasteiger partial charge is 0.131 e. The van der Waals surface area contributed by atoms with E-state index in [2.05, 4.69) is 4.98 Å². The van der Waals surface area contributed by atoms with Crippen LogP contribution in [0.25, 0.3) is 11.3 Å². The molecule has 2 nitrogen and oxygen atoms in total. The van der Waals surface area contributed by atoms with Crippen molar-refractivity contribution < 1.29 is 4.39 Å². The lowest BCUT2D eigenvalue weighted by atomic mass is 10.1. The first kappa shape index (κ1) is 10.6. The van der Waals surface area contributed by atoms with Crippen LogP contribution in [-0.4, -0.2) is 4.98 Å². The van der Waals surface area contributed by atoms with Crippen LogP contribution >= 0.6 is 11.6 Å². The van der Waals surface area contributed by atoms with Gasteiger partial charge < -0.3 is 0 Å². The third kappa shape index (κ3) is 2.18. The molecule has 4 heteroatoms. The number of pyridine rings is 1. The standard InChI is InChI=1S/C12H6ClFN2/c13-12-6-8(7-15)5-11(16-12)9-1-3-10(14)4-2-9/h1-6H. The number of halogens is 2. The van der Waals surface area contributed by atoms with Gasteiger partial charge in [-0.25, -0.2) is 9.37 Å². The maximum atomic E-state index is 12.7. The van der Waals surface area contributed by atoms with Gasteiger partial charge in [-0.3, -0.25) is 0 Å². The van der Waals surface area contributed by atoms with Crippen molar-refractivity contribution in [3.05, 3.63) is 52.9 Å². The van der Waals surface area contributed by atoms with Crippen LogP contribution in [-0.2, 0) is 0 Å². The van der Waals surface area contributed by atoms with Gasteiger partial charge in [0.25, 0.3) is 0 Å². The Balaban J connectivity index is 2.52. The van der Waals surface area contributed by atoms with Crippen molar-refractivity contribution >= 4 is 11.6 Å².